The lowest BCUT2D eigenvalue weighted by Gasteiger charge is -2.23. The molecule has 282 valence electrons. The Hall–Kier alpha value is -6.96. The standard InChI is InChI=1S/C41H37FN4O9/c1-3-52-32(47)22-44-40(50)46(25-33(48)53-4-2)41(51)55-37-30-16-11-21-43-35(30)38(54-36(27-12-7-5-8-13-27)28-14-9-6-10-15-28)34-31(37)24-45(39(34)49)23-26-17-19-29(42)20-18-26/h5-21,24,36,49H,3-4,22-23,25H2,1-2H3,(H,44,50). The molecule has 0 unspecified atom stereocenters. The number of urea groups is 1. The molecule has 0 aliphatic heterocycles. The molecule has 0 saturated carbocycles. The molecule has 0 radical (unpaired) electrons. The number of ether oxygens (including phenoxy) is 4. The summed E-state index contributed by atoms with van der Waals surface area (Å²) in [6, 6.07) is 26.8. The van der Waals surface area contributed by atoms with Crippen LogP contribution in [0.4, 0.5) is 14.0 Å². The minimum absolute atomic E-state index is 0.0294. The second-order valence-electron chi connectivity index (χ2n) is 12.1. The number of nitrogens with zero attached hydrogens (tertiary/aromatic N) is 3. The van der Waals surface area contributed by atoms with Crippen molar-refractivity contribution in [2.75, 3.05) is 26.3 Å². The first kappa shape index (κ1) is 37.8. The minimum Gasteiger partial charge on any atom is -0.494 e. The third kappa shape index (κ3) is 8.65. The zero-order chi connectivity index (χ0) is 38.9. The Bertz CT molecular complexity index is 2280. The molecular weight excluding hydrogens is 711 g/mol. The Kier molecular flexibility index (Phi) is 11.8. The number of hydrogen-bond acceptors (Lipinski definition) is 10. The Morgan fingerprint density at radius 1 is 0.818 bits per heavy atom. The maximum absolute atomic E-state index is 14.0. The SMILES string of the molecule is CCOC(=O)CNC(=O)N(CC(=O)OCC)C(=O)Oc1c2cccnc2c(OC(c2ccccc2)c2ccccc2)c2c(O)n(Cc3ccc(F)cc3)cc12. The number of esters is 2. The highest BCUT2D eigenvalue weighted by Gasteiger charge is 2.32. The van der Waals surface area contributed by atoms with E-state index >= 15 is 0 Å². The molecule has 13 nitrogen and oxygen atoms in total. The highest BCUT2D eigenvalue weighted by molar-refractivity contribution is 6.13. The predicted octanol–water partition coefficient (Wildman–Crippen LogP) is 6.89. The smallest absolute Gasteiger partial charge is 0.424 e. The molecule has 0 spiro atoms. The zero-order valence-corrected chi connectivity index (χ0v) is 29.9. The molecule has 55 heavy (non-hydrogen) atoms. The summed E-state index contributed by atoms with van der Waals surface area (Å²) in [5, 5.41) is 14.8. The van der Waals surface area contributed by atoms with Gasteiger partial charge in [0, 0.05) is 17.8 Å². The van der Waals surface area contributed by atoms with Crippen molar-refractivity contribution in [3.05, 3.63) is 132 Å². The summed E-state index contributed by atoms with van der Waals surface area (Å²) >= 11 is 0. The topological polar surface area (TPSA) is 159 Å². The molecule has 14 heteroatoms. The van der Waals surface area contributed by atoms with Crippen LogP contribution in [0.25, 0.3) is 21.7 Å². The Labute approximate surface area is 314 Å². The number of carbonyl (C=O) groups is 4. The number of amides is 3. The Morgan fingerprint density at radius 3 is 2.09 bits per heavy atom. The van der Waals surface area contributed by atoms with Gasteiger partial charge in [-0.1, -0.05) is 72.8 Å². The quantitative estimate of drug-likeness (QED) is 0.119. The third-order valence-corrected chi connectivity index (χ3v) is 8.43. The van der Waals surface area contributed by atoms with Crippen molar-refractivity contribution in [3.63, 3.8) is 0 Å². The highest BCUT2D eigenvalue weighted by atomic mass is 19.1. The van der Waals surface area contributed by atoms with Crippen molar-refractivity contribution in [2.24, 2.45) is 0 Å². The van der Waals surface area contributed by atoms with Crippen LogP contribution in [0.1, 0.15) is 36.6 Å². The number of nitrogens with one attached hydrogen (secondary N) is 1. The van der Waals surface area contributed by atoms with Crippen LogP contribution in [0.5, 0.6) is 17.4 Å². The van der Waals surface area contributed by atoms with Crippen LogP contribution in [0.3, 0.4) is 0 Å². The van der Waals surface area contributed by atoms with E-state index in [-0.39, 0.29) is 58.8 Å². The Morgan fingerprint density at radius 2 is 1.45 bits per heavy atom. The Balaban J connectivity index is 1.51. The van der Waals surface area contributed by atoms with Crippen LogP contribution in [-0.4, -0.2) is 69.9 Å². The number of pyridine rings is 1. The number of carbonyl (C=O) groups excluding carboxylic acids is 4. The molecule has 6 rings (SSSR count). The summed E-state index contributed by atoms with van der Waals surface area (Å²) in [7, 11) is 0. The van der Waals surface area contributed by atoms with E-state index in [9.17, 15) is 28.7 Å². The van der Waals surface area contributed by atoms with Gasteiger partial charge in [0.25, 0.3) is 0 Å². The fraction of sp³-hybridized carbons (Fsp3) is 0.195. The molecule has 2 N–H and O–H groups in total. The van der Waals surface area contributed by atoms with E-state index in [4.69, 9.17) is 18.9 Å². The summed E-state index contributed by atoms with van der Waals surface area (Å²) in [4.78, 5) is 56.9. The molecule has 4 aromatic carbocycles. The van der Waals surface area contributed by atoms with Gasteiger partial charge in [-0.05, 0) is 54.8 Å². The lowest BCUT2D eigenvalue weighted by atomic mass is 10.0. The summed E-state index contributed by atoms with van der Waals surface area (Å²) in [5.41, 5.74) is 2.45. The molecule has 3 amide bonds. The number of aromatic nitrogens is 2. The van der Waals surface area contributed by atoms with E-state index in [0.717, 1.165) is 11.1 Å². The van der Waals surface area contributed by atoms with Gasteiger partial charge in [0.2, 0.25) is 5.88 Å². The van der Waals surface area contributed by atoms with Crippen LogP contribution >= 0.6 is 0 Å². The molecule has 6 aromatic rings. The second kappa shape index (κ2) is 17.2. The summed E-state index contributed by atoms with van der Waals surface area (Å²) in [6.07, 6.45) is 1.06. The number of imide groups is 1. The summed E-state index contributed by atoms with van der Waals surface area (Å²) in [5.74, 6) is -2.35. The predicted molar refractivity (Wildman–Crippen MR) is 199 cm³/mol. The summed E-state index contributed by atoms with van der Waals surface area (Å²) < 4.78 is 38.0. The lowest BCUT2D eigenvalue weighted by Crippen LogP contribution is -2.49. The number of hydrogen-bond donors (Lipinski definition) is 2. The van der Waals surface area contributed by atoms with E-state index < -0.39 is 49.1 Å². The van der Waals surface area contributed by atoms with Crippen LogP contribution in [-0.2, 0) is 25.6 Å². The van der Waals surface area contributed by atoms with Crippen LogP contribution < -0.4 is 14.8 Å². The monoisotopic (exact) mass is 748 g/mol. The second-order valence-corrected chi connectivity index (χ2v) is 12.1. The largest absolute Gasteiger partial charge is 0.494 e. The highest BCUT2D eigenvalue weighted by Crippen LogP contribution is 2.48. The summed E-state index contributed by atoms with van der Waals surface area (Å²) in [6.45, 7) is 1.81. The van der Waals surface area contributed by atoms with Gasteiger partial charge >= 0.3 is 24.1 Å². The molecule has 0 fully saturated rings. The van der Waals surface area contributed by atoms with E-state index in [1.807, 2.05) is 60.7 Å². The van der Waals surface area contributed by atoms with Gasteiger partial charge in [-0.15, -0.1) is 0 Å². The maximum atomic E-state index is 14.0. The molecule has 0 bridgehead atoms. The van der Waals surface area contributed by atoms with Crippen LogP contribution in [0, 0.1) is 5.82 Å². The molecule has 0 aliphatic rings. The van der Waals surface area contributed by atoms with E-state index in [1.54, 1.807) is 38.1 Å². The average molecular weight is 749 g/mol. The van der Waals surface area contributed by atoms with E-state index in [1.165, 1.54) is 29.1 Å². The first-order chi connectivity index (χ1) is 26.7. The normalized spacial score (nSPS) is 11.0. The van der Waals surface area contributed by atoms with Gasteiger partial charge in [-0.3, -0.25) is 14.6 Å². The molecule has 0 atom stereocenters. The molecular formula is C41H37FN4O9. The minimum atomic E-state index is -1.30. The third-order valence-electron chi connectivity index (χ3n) is 8.43. The number of aromatic hydroxyl groups is 1. The van der Waals surface area contributed by atoms with Crippen LogP contribution in [0.15, 0.2) is 109 Å². The van der Waals surface area contributed by atoms with Gasteiger partial charge in [-0.2, -0.15) is 0 Å². The first-order valence-electron chi connectivity index (χ1n) is 17.4. The number of halogens is 1. The number of rotatable bonds is 13. The van der Waals surface area contributed by atoms with Crippen molar-refractivity contribution in [1.82, 2.24) is 19.8 Å². The van der Waals surface area contributed by atoms with Crippen molar-refractivity contribution in [2.45, 2.75) is 26.5 Å². The van der Waals surface area contributed by atoms with Crippen molar-refractivity contribution in [3.8, 4) is 17.4 Å². The molecule has 0 aliphatic carbocycles. The molecule has 2 heterocycles. The van der Waals surface area contributed by atoms with Crippen molar-refractivity contribution >= 4 is 45.7 Å². The number of fused-ring (bicyclic) bond motifs is 2. The maximum Gasteiger partial charge on any atom is 0.424 e. The van der Waals surface area contributed by atoms with Crippen LogP contribution in [0.2, 0.25) is 0 Å². The average Bonchev–Trinajstić information content (AvgIpc) is 3.52. The first-order valence-corrected chi connectivity index (χ1v) is 17.4. The van der Waals surface area contributed by atoms with Crippen molar-refractivity contribution < 1.29 is 47.6 Å². The van der Waals surface area contributed by atoms with E-state index in [2.05, 4.69) is 10.3 Å². The zero-order valence-electron chi connectivity index (χ0n) is 29.9. The van der Waals surface area contributed by atoms with Gasteiger partial charge in [-0.25, -0.2) is 18.9 Å². The van der Waals surface area contributed by atoms with Gasteiger partial charge in [0.1, 0.15) is 30.5 Å². The molecule has 2 aromatic heterocycles. The fourth-order valence-electron chi connectivity index (χ4n) is 5.96. The van der Waals surface area contributed by atoms with E-state index in [0.29, 0.717) is 10.5 Å². The van der Waals surface area contributed by atoms with Gasteiger partial charge in [0.15, 0.2) is 11.5 Å². The fourth-order valence-corrected chi connectivity index (χ4v) is 5.96. The number of benzene rings is 4. The molecule has 0 saturated heterocycles. The van der Waals surface area contributed by atoms with Gasteiger partial charge < -0.3 is 33.9 Å². The van der Waals surface area contributed by atoms with Crippen molar-refractivity contribution in [1.29, 1.82) is 0 Å². The lowest BCUT2D eigenvalue weighted by molar-refractivity contribution is -0.143. The van der Waals surface area contributed by atoms with Gasteiger partial charge in [0.05, 0.1) is 30.5 Å².